The molecule has 0 saturated heterocycles. The van der Waals surface area contributed by atoms with E-state index in [4.69, 9.17) is 5.11 Å². The van der Waals surface area contributed by atoms with Crippen LogP contribution in [-0.2, 0) is 9.59 Å². The molecule has 1 atom stereocenters. The summed E-state index contributed by atoms with van der Waals surface area (Å²) in [7, 11) is 0. The van der Waals surface area contributed by atoms with E-state index in [2.05, 4.69) is 17.2 Å². The van der Waals surface area contributed by atoms with Crippen molar-refractivity contribution in [3.63, 3.8) is 0 Å². The van der Waals surface area contributed by atoms with Crippen molar-refractivity contribution in [2.45, 2.75) is 12.5 Å². The van der Waals surface area contributed by atoms with Gasteiger partial charge < -0.3 is 10.4 Å². The molecule has 0 radical (unpaired) electrons. The van der Waals surface area contributed by atoms with Crippen LogP contribution in [0.15, 0.2) is 30.3 Å². The first kappa shape index (κ1) is 15.1. The quantitative estimate of drug-likeness (QED) is 0.449. The molecule has 1 aromatic carbocycles. The zero-order chi connectivity index (χ0) is 13.9. The van der Waals surface area contributed by atoms with Crippen LogP contribution in [0, 0.1) is 11.8 Å². The molecule has 0 aliphatic heterocycles. The average Bonchev–Trinajstić information content (AvgIpc) is 2.42. The third kappa shape index (κ3) is 6.53. The van der Waals surface area contributed by atoms with E-state index in [1.165, 1.54) is 0 Å². The molecular formula is C14H15NO3S. The molecule has 19 heavy (non-hydrogen) atoms. The van der Waals surface area contributed by atoms with Crippen molar-refractivity contribution in [3.05, 3.63) is 35.9 Å². The van der Waals surface area contributed by atoms with Crippen molar-refractivity contribution in [1.82, 2.24) is 5.32 Å². The maximum absolute atomic E-state index is 10.7. The normalized spacial score (nSPS) is 10.9. The summed E-state index contributed by atoms with van der Waals surface area (Å²) in [5.74, 6) is 6.30. The van der Waals surface area contributed by atoms with Crippen LogP contribution in [0.3, 0.4) is 0 Å². The van der Waals surface area contributed by atoms with Gasteiger partial charge in [-0.05, 0) is 24.3 Å². The van der Waals surface area contributed by atoms with Crippen LogP contribution in [0.25, 0.3) is 0 Å². The fraction of sp³-hybridized carbons (Fsp3) is 0.286. The summed E-state index contributed by atoms with van der Waals surface area (Å²) >= 11 is 1.55. The number of rotatable bonds is 7. The Kier molecular flexibility index (Phi) is 7.21. The highest BCUT2D eigenvalue weighted by Crippen LogP contribution is 2.04. The van der Waals surface area contributed by atoms with Gasteiger partial charge in [-0.25, -0.2) is 4.79 Å². The zero-order valence-electron chi connectivity index (χ0n) is 10.3. The van der Waals surface area contributed by atoms with Crippen LogP contribution in [0.5, 0.6) is 0 Å². The van der Waals surface area contributed by atoms with Gasteiger partial charge in [0.1, 0.15) is 6.04 Å². The van der Waals surface area contributed by atoms with Crippen molar-refractivity contribution in [2.75, 3.05) is 11.5 Å². The van der Waals surface area contributed by atoms with Crippen LogP contribution < -0.4 is 5.32 Å². The van der Waals surface area contributed by atoms with E-state index in [1.807, 2.05) is 30.3 Å². The van der Waals surface area contributed by atoms with E-state index < -0.39 is 12.0 Å². The summed E-state index contributed by atoms with van der Waals surface area (Å²) in [4.78, 5) is 20.9. The maximum Gasteiger partial charge on any atom is 0.326 e. The van der Waals surface area contributed by atoms with Gasteiger partial charge in [-0.2, -0.15) is 0 Å². The molecule has 0 aliphatic rings. The predicted molar refractivity (Wildman–Crippen MR) is 75.9 cm³/mol. The average molecular weight is 277 g/mol. The molecule has 0 saturated carbocycles. The lowest BCUT2D eigenvalue weighted by Gasteiger charge is -2.09. The van der Waals surface area contributed by atoms with Gasteiger partial charge in [0.05, 0.1) is 5.75 Å². The fourth-order valence-corrected chi connectivity index (χ4v) is 2.07. The summed E-state index contributed by atoms with van der Waals surface area (Å²) in [6.07, 6.45) is 0.810. The lowest BCUT2D eigenvalue weighted by Crippen LogP contribution is -2.36. The van der Waals surface area contributed by atoms with Gasteiger partial charge >= 0.3 is 5.97 Å². The Bertz CT molecular complexity index is 465. The van der Waals surface area contributed by atoms with Crippen molar-refractivity contribution in [3.8, 4) is 11.8 Å². The summed E-state index contributed by atoms with van der Waals surface area (Å²) in [6, 6.07) is 8.86. The minimum atomic E-state index is -1.01. The van der Waals surface area contributed by atoms with Crippen LogP contribution in [0.1, 0.15) is 12.0 Å². The highest BCUT2D eigenvalue weighted by Gasteiger charge is 2.14. The molecule has 2 N–H and O–H groups in total. The van der Waals surface area contributed by atoms with E-state index in [9.17, 15) is 9.59 Å². The Morgan fingerprint density at radius 1 is 1.42 bits per heavy atom. The molecule has 1 rings (SSSR count). The largest absolute Gasteiger partial charge is 0.480 e. The number of thioether (sulfide) groups is 1. The molecule has 0 spiro atoms. The van der Waals surface area contributed by atoms with Gasteiger partial charge in [0.2, 0.25) is 6.41 Å². The standard InChI is InChI=1S/C14H15NO3S/c16-11-15-13(14(17)18)8-10-19-9-4-7-12-5-2-1-3-6-12/h1-3,5-6,11,13H,8-10H2,(H,15,16)(H,17,18). The monoisotopic (exact) mass is 277 g/mol. The summed E-state index contributed by atoms with van der Waals surface area (Å²) in [5.41, 5.74) is 0.967. The Morgan fingerprint density at radius 3 is 2.79 bits per heavy atom. The molecular weight excluding hydrogens is 262 g/mol. The smallest absolute Gasteiger partial charge is 0.326 e. The molecule has 0 bridgehead atoms. The number of hydrogen-bond acceptors (Lipinski definition) is 3. The van der Waals surface area contributed by atoms with Crippen molar-refractivity contribution in [1.29, 1.82) is 0 Å². The Labute approximate surface area is 116 Å². The molecule has 0 heterocycles. The predicted octanol–water partition coefficient (Wildman–Crippen LogP) is 1.36. The number of carbonyl (C=O) groups excluding carboxylic acids is 1. The molecule has 4 nitrogen and oxygen atoms in total. The molecule has 1 amide bonds. The highest BCUT2D eigenvalue weighted by atomic mass is 32.2. The molecule has 0 fully saturated rings. The maximum atomic E-state index is 10.7. The lowest BCUT2D eigenvalue weighted by molar-refractivity contribution is -0.140. The summed E-state index contributed by atoms with van der Waals surface area (Å²) in [6.45, 7) is 0. The summed E-state index contributed by atoms with van der Waals surface area (Å²) < 4.78 is 0. The van der Waals surface area contributed by atoms with E-state index >= 15 is 0 Å². The van der Waals surface area contributed by atoms with Crippen LogP contribution in [0.4, 0.5) is 0 Å². The third-order valence-corrected chi connectivity index (χ3v) is 3.17. The number of hydrogen-bond donors (Lipinski definition) is 2. The van der Waals surface area contributed by atoms with Gasteiger partial charge in [0.25, 0.3) is 0 Å². The minimum absolute atomic E-state index is 0.395. The van der Waals surface area contributed by atoms with Crippen molar-refractivity contribution >= 4 is 24.1 Å². The number of carboxylic acid groups (broad SMARTS) is 1. The van der Waals surface area contributed by atoms with Gasteiger partial charge in [-0.3, -0.25) is 4.79 Å². The highest BCUT2D eigenvalue weighted by molar-refractivity contribution is 7.99. The van der Waals surface area contributed by atoms with Gasteiger partial charge in [0.15, 0.2) is 0 Å². The topological polar surface area (TPSA) is 66.4 Å². The molecule has 5 heteroatoms. The fourth-order valence-electron chi connectivity index (χ4n) is 1.34. The van der Waals surface area contributed by atoms with Crippen molar-refractivity contribution < 1.29 is 14.7 Å². The van der Waals surface area contributed by atoms with E-state index in [0.29, 0.717) is 24.3 Å². The second-order valence-corrected chi connectivity index (χ2v) is 4.79. The van der Waals surface area contributed by atoms with Gasteiger partial charge in [-0.1, -0.05) is 30.0 Å². The van der Waals surface area contributed by atoms with Gasteiger partial charge in [0, 0.05) is 5.56 Å². The minimum Gasteiger partial charge on any atom is -0.480 e. The van der Waals surface area contributed by atoms with E-state index in [0.717, 1.165) is 5.56 Å². The van der Waals surface area contributed by atoms with Crippen LogP contribution >= 0.6 is 11.8 Å². The van der Waals surface area contributed by atoms with E-state index in [-0.39, 0.29) is 0 Å². The summed E-state index contributed by atoms with van der Waals surface area (Å²) in [5, 5.41) is 11.1. The van der Waals surface area contributed by atoms with Crippen LogP contribution in [0.2, 0.25) is 0 Å². The lowest BCUT2D eigenvalue weighted by atomic mass is 10.2. The molecule has 100 valence electrons. The van der Waals surface area contributed by atoms with Crippen LogP contribution in [-0.4, -0.2) is 35.0 Å². The number of benzene rings is 1. The van der Waals surface area contributed by atoms with Gasteiger partial charge in [-0.15, -0.1) is 11.8 Å². The number of carboxylic acids is 1. The number of carbonyl (C=O) groups is 2. The number of aliphatic carboxylic acids is 1. The first-order valence-electron chi connectivity index (χ1n) is 5.78. The first-order chi connectivity index (χ1) is 9.24. The molecule has 0 aliphatic carbocycles. The SMILES string of the molecule is O=CNC(CCSCC#Cc1ccccc1)C(=O)O. The second kappa shape index (κ2) is 9.06. The molecule has 0 aromatic heterocycles. The second-order valence-electron chi connectivity index (χ2n) is 3.68. The van der Waals surface area contributed by atoms with Crippen molar-refractivity contribution in [2.24, 2.45) is 0 Å². The van der Waals surface area contributed by atoms with E-state index in [1.54, 1.807) is 11.8 Å². The third-order valence-electron chi connectivity index (χ3n) is 2.30. The number of nitrogens with one attached hydrogen (secondary N) is 1. The zero-order valence-corrected chi connectivity index (χ0v) is 11.2. The molecule has 1 aromatic rings. The Morgan fingerprint density at radius 2 is 2.16 bits per heavy atom. The molecule has 1 unspecified atom stereocenters. The Balaban J connectivity index is 2.22. The number of amides is 1. The first-order valence-corrected chi connectivity index (χ1v) is 6.93. The Hall–Kier alpha value is -1.93.